The van der Waals surface area contributed by atoms with Crippen LogP contribution < -0.4 is 4.74 Å². The minimum Gasteiger partial charge on any atom is -0.489 e. The fourth-order valence-corrected chi connectivity index (χ4v) is 2.65. The van der Waals surface area contributed by atoms with Gasteiger partial charge in [0.25, 0.3) is 0 Å². The largest absolute Gasteiger partial charge is 0.489 e. The average molecular weight is 333 g/mol. The molecule has 122 valence electrons. The number of carboxylic acid groups (broad SMARTS) is 1. The SMILES string of the molecule is Cc1ccc(C(Cc2ccc(OC(C)C)c(Cl)c2)C(=O)O)cc1. The average Bonchev–Trinajstić information content (AvgIpc) is 2.48. The summed E-state index contributed by atoms with van der Waals surface area (Å²) in [6.07, 6.45) is 0.428. The van der Waals surface area contributed by atoms with Gasteiger partial charge in [-0.1, -0.05) is 47.5 Å². The monoisotopic (exact) mass is 332 g/mol. The Morgan fingerprint density at radius 3 is 2.35 bits per heavy atom. The molecule has 0 aromatic heterocycles. The van der Waals surface area contributed by atoms with E-state index >= 15 is 0 Å². The lowest BCUT2D eigenvalue weighted by atomic mass is 9.91. The van der Waals surface area contributed by atoms with Crippen LogP contribution in [0.3, 0.4) is 0 Å². The second kappa shape index (κ2) is 7.51. The van der Waals surface area contributed by atoms with Gasteiger partial charge in [-0.15, -0.1) is 0 Å². The van der Waals surface area contributed by atoms with Gasteiger partial charge in [0.05, 0.1) is 17.0 Å². The Balaban J connectivity index is 2.22. The first kappa shape index (κ1) is 17.4. The van der Waals surface area contributed by atoms with Crippen LogP contribution in [0.25, 0.3) is 0 Å². The summed E-state index contributed by atoms with van der Waals surface area (Å²) >= 11 is 6.23. The van der Waals surface area contributed by atoms with Gasteiger partial charge < -0.3 is 9.84 Å². The van der Waals surface area contributed by atoms with E-state index in [9.17, 15) is 9.90 Å². The van der Waals surface area contributed by atoms with E-state index in [0.717, 1.165) is 16.7 Å². The molecule has 2 aromatic carbocycles. The molecule has 3 nitrogen and oxygen atoms in total. The van der Waals surface area contributed by atoms with E-state index in [-0.39, 0.29) is 6.10 Å². The van der Waals surface area contributed by atoms with Gasteiger partial charge in [0.1, 0.15) is 5.75 Å². The number of aryl methyl sites for hydroxylation is 1. The molecule has 1 N–H and O–H groups in total. The second-order valence-electron chi connectivity index (χ2n) is 5.94. The molecule has 1 unspecified atom stereocenters. The Morgan fingerprint density at radius 2 is 1.83 bits per heavy atom. The van der Waals surface area contributed by atoms with Crippen molar-refractivity contribution in [3.63, 3.8) is 0 Å². The molecule has 0 fully saturated rings. The number of halogens is 1. The van der Waals surface area contributed by atoms with Crippen LogP contribution in [0, 0.1) is 6.92 Å². The minimum absolute atomic E-state index is 0.0395. The molecule has 0 radical (unpaired) electrons. The summed E-state index contributed by atoms with van der Waals surface area (Å²) in [5.41, 5.74) is 2.77. The van der Waals surface area contributed by atoms with Crippen LogP contribution in [-0.4, -0.2) is 17.2 Å². The topological polar surface area (TPSA) is 46.5 Å². The van der Waals surface area contributed by atoms with Crippen molar-refractivity contribution < 1.29 is 14.6 Å². The van der Waals surface area contributed by atoms with E-state index < -0.39 is 11.9 Å². The standard InChI is InChI=1S/C19H21ClO3/c1-12(2)23-18-9-6-14(11-17(18)20)10-16(19(21)22)15-7-4-13(3)5-8-15/h4-9,11-12,16H,10H2,1-3H3,(H,21,22). The lowest BCUT2D eigenvalue weighted by Crippen LogP contribution is -2.14. The van der Waals surface area contributed by atoms with Crippen LogP contribution in [0.1, 0.15) is 36.5 Å². The first-order chi connectivity index (χ1) is 10.9. The van der Waals surface area contributed by atoms with Crippen molar-refractivity contribution >= 4 is 17.6 Å². The highest BCUT2D eigenvalue weighted by Gasteiger charge is 2.20. The van der Waals surface area contributed by atoms with Crippen molar-refractivity contribution in [3.8, 4) is 5.75 Å². The predicted octanol–water partition coefficient (Wildman–Crippen LogP) is 4.85. The van der Waals surface area contributed by atoms with Crippen molar-refractivity contribution in [1.29, 1.82) is 0 Å². The van der Waals surface area contributed by atoms with Gasteiger partial charge in [-0.05, 0) is 50.5 Å². The maximum Gasteiger partial charge on any atom is 0.311 e. The van der Waals surface area contributed by atoms with Crippen molar-refractivity contribution in [2.24, 2.45) is 0 Å². The summed E-state index contributed by atoms with van der Waals surface area (Å²) < 4.78 is 5.60. The Morgan fingerprint density at radius 1 is 1.17 bits per heavy atom. The van der Waals surface area contributed by atoms with Crippen LogP contribution in [0.2, 0.25) is 5.02 Å². The molecule has 0 saturated heterocycles. The molecule has 0 amide bonds. The zero-order valence-electron chi connectivity index (χ0n) is 13.5. The summed E-state index contributed by atoms with van der Waals surface area (Å²) in [5, 5.41) is 10.0. The molecular weight excluding hydrogens is 312 g/mol. The Labute approximate surface area is 141 Å². The van der Waals surface area contributed by atoms with E-state index in [1.807, 2.05) is 51.1 Å². The highest BCUT2D eigenvalue weighted by Crippen LogP contribution is 2.29. The maximum absolute atomic E-state index is 11.6. The highest BCUT2D eigenvalue weighted by molar-refractivity contribution is 6.32. The molecule has 2 rings (SSSR count). The molecule has 0 aliphatic carbocycles. The van der Waals surface area contributed by atoms with Gasteiger partial charge in [0.2, 0.25) is 0 Å². The van der Waals surface area contributed by atoms with Crippen LogP contribution in [0.5, 0.6) is 5.75 Å². The fraction of sp³-hybridized carbons (Fsp3) is 0.316. The number of hydrogen-bond acceptors (Lipinski definition) is 2. The molecule has 0 aliphatic rings. The number of carboxylic acids is 1. The molecule has 0 heterocycles. The van der Waals surface area contributed by atoms with Crippen molar-refractivity contribution in [2.75, 3.05) is 0 Å². The second-order valence-corrected chi connectivity index (χ2v) is 6.34. The third kappa shape index (κ3) is 4.73. The fourth-order valence-electron chi connectivity index (χ4n) is 2.40. The number of benzene rings is 2. The van der Waals surface area contributed by atoms with E-state index in [1.54, 1.807) is 12.1 Å². The van der Waals surface area contributed by atoms with Gasteiger partial charge in [-0.3, -0.25) is 4.79 Å². The quantitative estimate of drug-likeness (QED) is 0.822. The van der Waals surface area contributed by atoms with Crippen LogP contribution in [0.4, 0.5) is 0 Å². The third-order valence-corrected chi connectivity index (χ3v) is 3.87. The molecule has 0 spiro atoms. The first-order valence-corrected chi connectivity index (χ1v) is 7.99. The number of ether oxygens (including phenoxy) is 1. The minimum atomic E-state index is -0.840. The molecular formula is C19H21ClO3. The van der Waals surface area contributed by atoms with E-state index in [1.165, 1.54) is 0 Å². The third-order valence-electron chi connectivity index (χ3n) is 3.58. The molecule has 23 heavy (non-hydrogen) atoms. The molecule has 4 heteroatoms. The van der Waals surface area contributed by atoms with Crippen molar-refractivity contribution in [2.45, 2.75) is 39.2 Å². The van der Waals surface area contributed by atoms with E-state index in [4.69, 9.17) is 16.3 Å². The summed E-state index contributed by atoms with van der Waals surface area (Å²) in [5.74, 6) is -0.816. The molecule has 0 saturated carbocycles. The van der Waals surface area contributed by atoms with E-state index in [0.29, 0.717) is 17.2 Å². The Bertz CT molecular complexity index is 678. The summed E-state index contributed by atoms with van der Waals surface area (Å²) in [7, 11) is 0. The van der Waals surface area contributed by atoms with E-state index in [2.05, 4.69) is 0 Å². The van der Waals surface area contributed by atoms with Crippen molar-refractivity contribution in [1.82, 2.24) is 0 Å². The van der Waals surface area contributed by atoms with Gasteiger partial charge >= 0.3 is 5.97 Å². The summed E-state index contributed by atoms with van der Waals surface area (Å²) in [6, 6.07) is 13.0. The summed E-state index contributed by atoms with van der Waals surface area (Å²) in [6.45, 7) is 5.84. The molecule has 0 bridgehead atoms. The molecule has 2 aromatic rings. The number of hydrogen-bond donors (Lipinski definition) is 1. The maximum atomic E-state index is 11.6. The van der Waals surface area contributed by atoms with Crippen LogP contribution in [0.15, 0.2) is 42.5 Å². The lowest BCUT2D eigenvalue weighted by Gasteiger charge is -2.15. The molecule has 0 aliphatic heterocycles. The van der Waals surface area contributed by atoms with Crippen molar-refractivity contribution in [3.05, 3.63) is 64.2 Å². The zero-order chi connectivity index (χ0) is 17.0. The van der Waals surface area contributed by atoms with Crippen LogP contribution in [-0.2, 0) is 11.2 Å². The Hall–Kier alpha value is -2.00. The number of aliphatic carboxylic acids is 1. The van der Waals surface area contributed by atoms with Gasteiger partial charge in [0.15, 0.2) is 0 Å². The normalized spacial score (nSPS) is 12.2. The highest BCUT2D eigenvalue weighted by atomic mass is 35.5. The van der Waals surface area contributed by atoms with Crippen LogP contribution >= 0.6 is 11.6 Å². The lowest BCUT2D eigenvalue weighted by molar-refractivity contribution is -0.138. The molecule has 1 atom stereocenters. The number of carbonyl (C=O) groups is 1. The first-order valence-electron chi connectivity index (χ1n) is 7.61. The van der Waals surface area contributed by atoms with Gasteiger partial charge in [-0.2, -0.15) is 0 Å². The van der Waals surface area contributed by atoms with Gasteiger partial charge in [0, 0.05) is 0 Å². The van der Waals surface area contributed by atoms with Gasteiger partial charge in [-0.25, -0.2) is 0 Å². The zero-order valence-corrected chi connectivity index (χ0v) is 14.3. The predicted molar refractivity (Wildman–Crippen MR) is 92.5 cm³/mol. The summed E-state index contributed by atoms with van der Waals surface area (Å²) in [4.78, 5) is 11.6. The smallest absolute Gasteiger partial charge is 0.311 e. The Kier molecular flexibility index (Phi) is 5.67. The number of rotatable bonds is 6.